The minimum absolute atomic E-state index is 0.290. The Hall–Kier alpha value is -0.250. The average molecular weight is 517 g/mol. The van der Waals surface area contributed by atoms with Crippen molar-refractivity contribution in [1.29, 1.82) is 0 Å². The molecule has 0 aliphatic heterocycles. The van der Waals surface area contributed by atoms with E-state index in [0.717, 1.165) is 42.9 Å². The molecule has 0 aromatic carbocycles. The van der Waals surface area contributed by atoms with Crippen LogP contribution >= 0.6 is 0 Å². The van der Waals surface area contributed by atoms with Crippen LogP contribution in [-0.4, -0.2) is 17.9 Å². The van der Waals surface area contributed by atoms with Gasteiger partial charge in [0.2, 0.25) is 0 Å². The van der Waals surface area contributed by atoms with Crippen molar-refractivity contribution in [2.45, 2.75) is 144 Å². The highest BCUT2D eigenvalue weighted by Gasteiger charge is 2.54. The van der Waals surface area contributed by atoms with E-state index in [-0.39, 0.29) is 0 Å². The van der Waals surface area contributed by atoms with Crippen LogP contribution in [0, 0.1) is 52.8 Å². The van der Waals surface area contributed by atoms with Crippen molar-refractivity contribution in [3.05, 3.63) is 0 Å². The molecule has 2 aliphatic carbocycles. The molecule has 214 valence electrons. The summed E-state index contributed by atoms with van der Waals surface area (Å²) in [7, 11) is 0. The van der Waals surface area contributed by atoms with Gasteiger partial charge in [-0.1, -0.05) is 86.5 Å². The molecule has 1 N–H and O–H groups in total. The Morgan fingerprint density at radius 3 is 2.08 bits per heavy atom. The van der Waals surface area contributed by atoms with Crippen molar-refractivity contribution in [3.63, 3.8) is 0 Å². The molecule has 0 saturated heterocycles. The van der Waals surface area contributed by atoms with Gasteiger partial charge in [0.25, 0.3) is 0 Å². The van der Waals surface area contributed by atoms with E-state index in [1.54, 1.807) is 0 Å². The summed E-state index contributed by atoms with van der Waals surface area (Å²) in [5.74, 6) is 5.51. The number of aliphatic hydroxyl groups excluding tert-OH is 1. The molecule has 2 saturated carbocycles. The number of alkyl halides is 3. The van der Waals surface area contributed by atoms with Crippen molar-refractivity contribution < 1.29 is 18.3 Å². The van der Waals surface area contributed by atoms with Gasteiger partial charge >= 0.3 is 6.18 Å². The third kappa shape index (κ3) is 8.91. The maximum absolute atomic E-state index is 12.7. The maximum Gasteiger partial charge on any atom is 0.389 e. The van der Waals surface area contributed by atoms with Crippen molar-refractivity contribution in [2.75, 3.05) is 6.61 Å². The first kappa shape index (κ1) is 32.0. The molecule has 0 spiro atoms. The highest BCUT2D eigenvalue weighted by molar-refractivity contribution is 5.03. The molecule has 36 heavy (non-hydrogen) atoms. The van der Waals surface area contributed by atoms with Gasteiger partial charge in [0, 0.05) is 13.0 Å². The van der Waals surface area contributed by atoms with Gasteiger partial charge < -0.3 is 5.11 Å². The zero-order valence-corrected chi connectivity index (χ0v) is 24.5. The summed E-state index contributed by atoms with van der Waals surface area (Å²) >= 11 is 0. The molecule has 2 unspecified atom stereocenters. The van der Waals surface area contributed by atoms with Crippen LogP contribution in [0.15, 0.2) is 0 Å². The number of halogens is 3. The molecule has 1 nitrogen and oxygen atoms in total. The van der Waals surface area contributed by atoms with Crippen LogP contribution in [-0.2, 0) is 0 Å². The average Bonchev–Trinajstić information content (AvgIpc) is 3.15. The molecule has 0 amide bonds. The van der Waals surface area contributed by atoms with Crippen molar-refractivity contribution in [2.24, 2.45) is 52.8 Å². The van der Waals surface area contributed by atoms with Gasteiger partial charge in [0.05, 0.1) is 0 Å². The lowest BCUT2D eigenvalue weighted by Crippen LogP contribution is -2.44. The molecular formula is C32H59F3O. The zero-order chi connectivity index (χ0) is 26.9. The van der Waals surface area contributed by atoms with E-state index < -0.39 is 12.6 Å². The molecule has 0 heterocycles. The van der Waals surface area contributed by atoms with Gasteiger partial charge in [-0.05, 0) is 97.7 Å². The molecular weight excluding hydrogens is 457 g/mol. The second-order valence-corrected chi connectivity index (χ2v) is 13.5. The molecule has 2 rings (SSSR count). The lowest BCUT2D eigenvalue weighted by Gasteiger charge is -2.51. The van der Waals surface area contributed by atoms with Gasteiger partial charge in [-0.3, -0.25) is 0 Å². The van der Waals surface area contributed by atoms with E-state index in [1.807, 2.05) is 0 Å². The second kappa shape index (κ2) is 14.8. The summed E-state index contributed by atoms with van der Waals surface area (Å²) in [4.78, 5) is 0. The predicted octanol–water partition coefficient (Wildman–Crippen LogP) is 10.5. The van der Waals surface area contributed by atoms with E-state index in [9.17, 15) is 18.3 Å². The Kier molecular flexibility index (Phi) is 13.1. The predicted molar refractivity (Wildman–Crippen MR) is 147 cm³/mol. The molecule has 8 atom stereocenters. The van der Waals surface area contributed by atoms with Crippen LogP contribution in [0.3, 0.4) is 0 Å². The van der Waals surface area contributed by atoms with E-state index in [2.05, 4.69) is 41.5 Å². The normalized spacial score (nSPS) is 31.4. The summed E-state index contributed by atoms with van der Waals surface area (Å²) < 4.78 is 38.0. The smallest absolute Gasteiger partial charge is 0.389 e. The van der Waals surface area contributed by atoms with Crippen LogP contribution in [0.2, 0.25) is 0 Å². The lowest BCUT2D eigenvalue weighted by atomic mass is 9.54. The largest absolute Gasteiger partial charge is 0.396 e. The van der Waals surface area contributed by atoms with Crippen molar-refractivity contribution >= 4 is 0 Å². The van der Waals surface area contributed by atoms with Gasteiger partial charge in [0.1, 0.15) is 0 Å². The van der Waals surface area contributed by atoms with Crippen LogP contribution in [0.4, 0.5) is 13.2 Å². The van der Waals surface area contributed by atoms with Crippen LogP contribution < -0.4 is 0 Å². The summed E-state index contributed by atoms with van der Waals surface area (Å²) in [5, 5.41) is 9.17. The zero-order valence-electron chi connectivity index (χ0n) is 24.5. The van der Waals surface area contributed by atoms with Crippen LogP contribution in [0.5, 0.6) is 0 Å². The van der Waals surface area contributed by atoms with Gasteiger partial charge in [-0.2, -0.15) is 13.2 Å². The summed E-state index contributed by atoms with van der Waals surface area (Å²) in [5.41, 5.74) is 0.426. The first-order valence-corrected chi connectivity index (χ1v) is 15.6. The minimum Gasteiger partial charge on any atom is -0.396 e. The third-order valence-electron chi connectivity index (χ3n) is 11.0. The number of hydrogen-bond acceptors (Lipinski definition) is 1. The Labute approximate surface area is 221 Å². The molecule has 0 aromatic rings. The fourth-order valence-corrected chi connectivity index (χ4v) is 8.84. The van der Waals surface area contributed by atoms with E-state index >= 15 is 0 Å². The molecule has 0 radical (unpaired) electrons. The third-order valence-corrected chi connectivity index (χ3v) is 11.0. The molecule has 2 aliphatic rings. The van der Waals surface area contributed by atoms with Gasteiger partial charge in [-0.15, -0.1) is 0 Å². The Morgan fingerprint density at radius 2 is 1.47 bits per heavy atom. The summed E-state index contributed by atoms with van der Waals surface area (Å²) in [6, 6.07) is 0. The maximum atomic E-state index is 12.7. The standard InChI is InChI=1S/C32H59F3O/c1-7-27-28(24(4)14-11-20-32(33,34)35)19-21-31(6)29(17-18-30(27)31)25(5)13-9-8-10-15-26(23(2)3)16-12-22-36/h23-30,36H,7-22H2,1-6H3/t24?,25-,26?,27-,28-,29-,30+,31-/m1/s1. The van der Waals surface area contributed by atoms with E-state index in [4.69, 9.17) is 0 Å². The number of fused-ring (bicyclic) bond motifs is 1. The van der Waals surface area contributed by atoms with E-state index in [1.165, 1.54) is 64.2 Å². The Morgan fingerprint density at radius 1 is 0.833 bits per heavy atom. The Balaban J connectivity index is 1.84. The first-order valence-electron chi connectivity index (χ1n) is 15.6. The van der Waals surface area contributed by atoms with Gasteiger partial charge in [0.15, 0.2) is 0 Å². The summed E-state index contributed by atoms with van der Waals surface area (Å²) in [6.45, 7) is 14.6. The quantitative estimate of drug-likeness (QED) is 0.202. The second-order valence-electron chi connectivity index (χ2n) is 13.5. The summed E-state index contributed by atoms with van der Waals surface area (Å²) in [6.07, 6.45) is 11.4. The Bertz CT molecular complexity index is 603. The number of aliphatic hydroxyl groups is 1. The van der Waals surface area contributed by atoms with Crippen molar-refractivity contribution in [1.82, 2.24) is 0 Å². The number of unbranched alkanes of at least 4 members (excludes halogenated alkanes) is 2. The highest BCUT2D eigenvalue weighted by atomic mass is 19.4. The number of rotatable bonds is 16. The molecule has 0 aromatic heterocycles. The SMILES string of the molecule is CC[C@@H]1[C@@H](C(C)CCCC(F)(F)F)CC[C@]2(C)[C@@H]([C@H](C)CCCCCC(CCCO)C(C)C)CC[C@@H]12. The molecule has 2 fully saturated rings. The number of hydrogen-bond donors (Lipinski definition) is 1. The monoisotopic (exact) mass is 516 g/mol. The highest BCUT2D eigenvalue weighted by Crippen LogP contribution is 2.62. The topological polar surface area (TPSA) is 20.2 Å². The van der Waals surface area contributed by atoms with Crippen LogP contribution in [0.25, 0.3) is 0 Å². The fourth-order valence-electron chi connectivity index (χ4n) is 8.84. The fraction of sp³-hybridized carbons (Fsp3) is 1.00. The van der Waals surface area contributed by atoms with E-state index in [0.29, 0.717) is 42.1 Å². The van der Waals surface area contributed by atoms with Crippen LogP contribution in [0.1, 0.15) is 138 Å². The van der Waals surface area contributed by atoms with Crippen molar-refractivity contribution in [3.8, 4) is 0 Å². The minimum atomic E-state index is -4.01. The molecule has 4 heteroatoms. The lowest BCUT2D eigenvalue weighted by molar-refractivity contribution is -0.136. The molecule has 0 bridgehead atoms. The first-order chi connectivity index (χ1) is 16.9. The van der Waals surface area contributed by atoms with Gasteiger partial charge in [-0.25, -0.2) is 0 Å².